The van der Waals surface area contributed by atoms with Crippen LogP contribution in [0.2, 0.25) is 0 Å². The summed E-state index contributed by atoms with van der Waals surface area (Å²) in [4.78, 5) is 12.1. The van der Waals surface area contributed by atoms with E-state index in [1.54, 1.807) is 32.4 Å². The van der Waals surface area contributed by atoms with Gasteiger partial charge >= 0.3 is 6.03 Å². The third-order valence-electron chi connectivity index (χ3n) is 4.38. The molecule has 0 fully saturated rings. The molecular weight excluding hydrogens is 336 g/mol. The Morgan fingerprint density at radius 2 is 2.12 bits per heavy atom. The monoisotopic (exact) mass is 360 g/mol. The molecule has 2 amide bonds. The average Bonchev–Trinajstić information content (AvgIpc) is 2.98. The number of methoxy groups -OCH3 is 2. The summed E-state index contributed by atoms with van der Waals surface area (Å²) in [7, 11) is 5.07. The Morgan fingerprint density at radius 1 is 1.31 bits per heavy atom. The standard InChI is InChI=1S/C18H24N4O4/c1-22-15-7-9-26-11-13(15)14(21-22)6-8-19-18(23)20-12-4-5-16(24-2)17(10-12)25-3/h4-5,10H,6-9,11H2,1-3H3,(H2,19,20,23). The van der Waals surface area contributed by atoms with Crippen molar-refractivity contribution in [2.24, 2.45) is 7.05 Å². The van der Waals surface area contributed by atoms with E-state index in [-0.39, 0.29) is 6.03 Å². The quantitative estimate of drug-likeness (QED) is 0.821. The minimum absolute atomic E-state index is 0.279. The van der Waals surface area contributed by atoms with Crippen LogP contribution >= 0.6 is 0 Å². The highest BCUT2D eigenvalue weighted by Crippen LogP contribution is 2.29. The molecule has 1 aliphatic rings. The molecule has 0 saturated carbocycles. The lowest BCUT2D eigenvalue weighted by Gasteiger charge is -2.14. The fourth-order valence-electron chi connectivity index (χ4n) is 3.07. The summed E-state index contributed by atoms with van der Waals surface area (Å²) in [6, 6.07) is 4.94. The van der Waals surface area contributed by atoms with E-state index >= 15 is 0 Å². The van der Waals surface area contributed by atoms with Gasteiger partial charge in [0.25, 0.3) is 0 Å². The molecule has 2 N–H and O–H groups in total. The van der Waals surface area contributed by atoms with Crippen molar-refractivity contribution in [3.63, 3.8) is 0 Å². The first-order chi connectivity index (χ1) is 12.6. The predicted octanol–water partition coefficient (Wildman–Crippen LogP) is 1.87. The number of amides is 2. The molecule has 0 saturated heterocycles. The molecule has 26 heavy (non-hydrogen) atoms. The van der Waals surface area contributed by atoms with Crippen LogP contribution in [0.5, 0.6) is 11.5 Å². The highest BCUT2D eigenvalue weighted by Gasteiger charge is 2.19. The van der Waals surface area contributed by atoms with Gasteiger partial charge in [-0.25, -0.2) is 4.79 Å². The Bertz CT molecular complexity index is 788. The first kappa shape index (κ1) is 18.1. The number of aryl methyl sites for hydroxylation is 1. The fraction of sp³-hybridized carbons (Fsp3) is 0.444. The van der Waals surface area contributed by atoms with Gasteiger partial charge in [-0.15, -0.1) is 0 Å². The van der Waals surface area contributed by atoms with Gasteiger partial charge in [-0.05, 0) is 12.1 Å². The van der Waals surface area contributed by atoms with E-state index in [1.807, 2.05) is 11.7 Å². The van der Waals surface area contributed by atoms with Crippen molar-refractivity contribution < 1.29 is 19.0 Å². The highest BCUT2D eigenvalue weighted by molar-refractivity contribution is 5.89. The van der Waals surface area contributed by atoms with Crippen molar-refractivity contribution >= 4 is 11.7 Å². The number of benzene rings is 1. The van der Waals surface area contributed by atoms with E-state index < -0.39 is 0 Å². The topological polar surface area (TPSA) is 86.6 Å². The number of anilines is 1. The van der Waals surface area contributed by atoms with Crippen molar-refractivity contribution in [3.05, 3.63) is 35.2 Å². The molecule has 1 aromatic heterocycles. The van der Waals surface area contributed by atoms with Gasteiger partial charge in [-0.1, -0.05) is 0 Å². The first-order valence-corrected chi connectivity index (χ1v) is 8.50. The Kier molecular flexibility index (Phi) is 5.62. The smallest absolute Gasteiger partial charge is 0.319 e. The van der Waals surface area contributed by atoms with Crippen molar-refractivity contribution in [1.82, 2.24) is 15.1 Å². The summed E-state index contributed by atoms with van der Waals surface area (Å²) >= 11 is 0. The summed E-state index contributed by atoms with van der Waals surface area (Å²) in [5.41, 5.74) is 3.99. The van der Waals surface area contributed by atoms with E-state index in [4.69, 9.17) is 14.2 Å². The second-order valence-corrected chi connectivity index (χ2v) is 6.00. The lowest BCUT2D eigenvalue weighted by Crippen LogP contribution is -2.30. The Morgan fingerprint density at radius 3 is 2.88 bits per heavy atom. The SMILES string of the molecule is COc1ccc(NC(=O)NCCc2nn(C)c3c2COCC3)cc1OC. The fourth-order valence-corrected chi connectivity index (χ4v) is 3.07. The van der Waals surface area contributed by atoms with E-state index in [0.29, 0.717) is 36.8 Å². The zero-order chi connectivity index (χ0) is 18.5. The summed E-state index contributed by atoms with van der Waals surface area (Å²) in [5.74, 6) is 1.17. The van der Waals surface area contributed by atoms with Gasteiger partial charge < -0.3 is 24.8 Å². The lowest BCUT2D eigenvalue weighted by molar-refractivity contribution is 0.108. The van der Waals surface area contributed by atoms with Crippen LogP contribution in [0.1, 0.15) is 17.0 Å². The zero-order valence-electron chi connectivity index (χ0n) is 15.3. The summed E-state index contributed by atoms with van der Waals surface area (Å²) < 4.78 is 17.9. The van der Waals surface area contributed by atoms with E-state index in [1.165, 1.54) is 5.69 Å². The van der Waals surface area contributed by atoms with Crippen LogP contribution in [0, 0.1) is 0 Å². The maximum absolute atomic E-state index is 12.1. The van der Waals surface area contributed by atoms with E-state index in [9.17, 15) is 4.79 Å². The van der Waals surface area contributed by atoms with Gasteiger partial charge in [-0.3, -0.25) is 4.68 Å². The van der Waals surface area contributed by atoms with Gasteiger partial charge in [-0.2, -0.15) is 5.10 Å². The van der Waals surface area contributed by atoms with Gasteiger partial charge in [0, 0.05) is 49.4 Å². The van der Waals surface area contributed by atoms with Crippen LogP contribution < -0.4 is 20.1 Å². The Labute approximate surface area is 152 Å². The molecule has 0 spiro atoms. The minimum Gasteiger partial charge on any atom is -0.493 e. The predicted molar refractivity (Wildman–Crippen MR) is 96.8 cm³/mol. The third-order valence-corrected chi connectivity index (χ3v) is 4.38. The molecule has 0 radical (unpaired) electrons. The van der Waals surface area contributed by atoms with Crippen LogP contribution in [0.3, 0.4) is 0 Å². The number of aromatic nitrogens is 2. The number of carbonyl (C=O) groups excluding carboxylic acids is 1. The molecule has 1 aliphatic heterocycles. The molecule has 2 aromatic rings. The number of urea groups is 1. The number of hydrogen-bond donors (Lipinski definition) is 2. The maximum Gasteiger partial charge on any atom is 0.319 e. The normalized spacial score (nSPS) is 13.0. The molecule has 1 aromatic carbocycles. The Balaban J connectivity index is 1.54. The van der Waals surface area contributed by atoms with Gasteiger partial charge in [0.1, 0.15) is 0 Å². The average molecular weight is 360 g/mol. The van der Waals surface area contributed by atoms with Gasteiger partial charge in [0.2, 0.25) is 0 Å². The minimum atomic E-state index is -0.279. The summed E-state index contributed by atoms with van der Waals surface area (Å²) in [5, 5.41) is 10.2. The largest absolute Gasteiger partial charge is 0.493 e. The van der Waals surface area contributed by atoms with Crippen LogP contribution in [-0.4, -0.2) is 43.2 Å². The molecule has 8 heteroatoms. The first-order valence-electron chi connectivity index (χ1n) is 8.50. The number of nitrogens with zero attached hydrogens (tertiary/aromatic N) is 2. The number of ether oxygens (including phenoxy) is 3. The molecule has 8 nitrogen and oxygen atoms in total. The van der Waals surface area contributed by atoms with Crippen molar-refractivity contribution in [2.45, 2.75) is 19.4 Å². The maximum atomic E-state index is 12.1. The number of fused-ring (bicyclic) bond motifs is 1. The molecule has 0 unspecified atom stereocenters. The number of carbonyl (C=O) groups is 1. The number of nitrogens with one attached hydrogen (secondary N) is 2. The molecule has 0 aliphatic carbocycles. The number of hydrogen-bond acceptors (Lipinski definition) is 5. The molecule has 0 atom stereocenters. The molecule has 3 rings (SSSR count). The van der Waals surface area contributed by atoms with Crippen molar-refractivity contribution in [1.29, 1.82) is 0 Å². The zero-order valence-corrected chi connectivity index (χ0v) is 15.3. The van der Waals surface area contributed by atoms with Crippen molar-refractivity contribution in [2.75, 3.05) is 32.7 Å². The van der Waals surface area contributed by atoms with Crippen LogP contribution in [0.15, 0.2) is 18.2 Å². The lowest BCUT2D eigenvalue weighted by atomic mass is 10.1. The highest BCUT2D eigenvalue weighted by atomic mass is 16.5. The number of rotatable bonds is 6. The Hall–Kier alpha value is -2.74. The van der Waals surface area contributed by atoms with Crippen molar-refractivity contribution in [3.8, 4) is 11.5 Å². The van der Waals surface area contributed by atoms with Crippen LogP contribution in [0.25, 0.3) is 0 Å². The van der Waals surface area contributed by atoms with E-state index in [2.05, 4.69) is 15.7 Å². The molecule has 2 heterocycles. The molecular formula is C18H24N4O4. The second-order valence-electron chi connectivity index (χ2n) is 6.00. The van der Waals surface area contributed by atoms with Crippen LogP contribution in [0.4, 0.5) is 10.5 Å². The van der Waals surface area contributed by atoms with Gasteiger partial charge in [0.15, 0.2) is 11.5 Å². The van der Waals surface area contributed by atoms with Crippen LogP contribution in [-0.2, 0) is 31.2 Å². The third kappa shape index (κ3) is 3.91. The molecule has 140 valence electrons. The van der Waals surface area contributed by atoms with Gasteiger partial charge in [0.05, 0.1) is 33.1 Å². The summed E-state index contributed by atoms with van der Waals surface area (Å²) in [6.07, 6.45) is 1.54. The second kappa shape index (κ2) is 8.09. The van der Waals surface area contributed by atoms with E-state index in [0.717, 1.165) is 24.3 Å². The summed E-state index contributed by atoms with van der Waals surface area (Å²) in [6.45, 7) is 1.82. The molecule has 0 bridgehead atoms.